The molecule has 212 valence electrons. The summed E-state index contributed by atoms with van der Waals surface area (Å²) >= 11 is 3.80. The molecule has 3 aromatic heterocycles. The number of aromatic nitrogens is 4. The van der Waals surface area contributed by atoms with Gasteiger partial charge in [0.1, 0.15) is 11.2 Å². The number of para-hydroxylation sites is 3. The summed E-state index contributed by atoms with van der Waals surface area (Å²) in [5.74, 6) is 1.78. The van der Waals surface area contributed by atoms with E-state index in [0.717, 1.165) is 59.8 Å². The molecule has 0 N–H and O–H groups in total. The van der Waals surface area contributed by atoms with Crippen LogP contribution in [0.25, 0.3) is 83.6 Å². The highest BCUT2D eigenvalue weighted by Crippen LogP contribution is 2.36. The van der Waals surface area contributed by atoms with Gasteiger partial charge in [-0.25, -0.2) is 15.0 Å². The van der Waals surface area contributed by atoms with Crippen LogP contribution in [0.1, 0.15) is 0 Å². The van der Waals surface area contributed by atoms with Gasteiger partial charge in [0.2, 0.25) is 0 Å². The second kappa shape index (κ2) is 10.3. The van der Waals surface area contributed by atoms with Gasteiger partial charge in [-0.3, -0.25) is 0 Å². The normalized spacial score (nSPS) is 11.7. The molecule has 3 heterocycles. The Morgan fingerprint density at radius 2 is 1.02 bits per heavy atom. The molecule has 0 fully saturated rings. The van der Waals surface area contributed by atoms with Crippen molar-refractivity contribution in [2.45, 2.75) is 0 Å². The zero-order valence-corrected chi connectivity index (χ0v) is 25.4. The predicted molar refractivity (Wildman–Crippen MR) is 185 cm³/mol. The molecule has 0 atom stereocenters. The van der Waals surface area contributed by atoms with Crippen LogP contribution in [0.15, 0.2) is 148 Å². The Kier molecular flexibility index (Phi) is 5.89. The summed E-state index contributed by atoms with van der Waals surface area (Å²) in [5, 5.41) is 4.58. The Balaban J connectivity index is 1.25. The van der Waals surface area contributed by atoms with E-state index >= 15 is 0 Å². The van der Waals surface area contributed by atoms with Crippen molar-refractivity contribution in [3.05, 3.63) is 144 Å². The van der Waals surface area contributed by atoms with Crippen LogP contribution in [0.2, 0.25) is 0 Å². The van der Waals surface area contributed by atoms with Gasteiger partial charge in [0, 0.05) is 48.4 Å². The van der Waals surface area contributed by atoms with E-state index < -0.39 is 0 Å². The lowest BCUT2D eigenvalue weighted by Gasteiger charge is -2.12. The lowest BCUT2D eigenvalue weighted by Crippen LogP contribution is -2.01. The number of benzene rings is 6. The molecule has 0 amide bonds. The standard InChI is InChI=1S/C39H23BrN4O/c40-27-20-26(21-28(23-27)44-33-15-7-4-12-29(33)30-13-5-8-16-34(30)44)39-42-37(24-10-2-1-3-11-24)41-38(43-39)25-18-19-32-31-14-6-9-17-35(31)45-36(32)22-25/h1-23H. The van der Waals surface area contributed by atoms with Gasteiger partial charge in [0.05, 0.1) is 11.0 Å². The van der Waals surface area contributed by atoms with Gasteiger partial charge in [-0.1, -0.05) is 107 Å². The van der Waals surface area contributed by atoms with Crippen LogP contribution >= 0.6 is 15.9 Å². The maximum atomic E-state index is 6.21. The molecule has 0 aliphatic carbocycles. The van der Waals surface area contributed by atoms with Crippen LogP contribution < -0.4 is 0 Å². The lowest BCUT2D eigenvalue weighted by atomic mass is 10.1. The topological polar surface area (TPSA) is 56.7 Å². The molecular weight excluding hydrogens is 620 g/mol. The molecule has 0 bridgehead atoms. The molecule has 0 unspecified atom stereocenters. The summed E-state index contributed by atoms with van der Waals surface area (Å²) < 4.78 is 9.44. The van der Waals surface area contributed by atoms with Crippen molar-refractivity contribution in [3.63, 3.8) is 0 Å². The minimum absolute atomic E-state index is 0.583. The highest BCUT2D eigenvalue weighted by Gasteiger charge is 2.17. The van der Waals surface area contributed by atoms with Gasteiger partial charge in [-0.15, -0.1) is 0 Å². The molecule has 0 aliphatic heterocycles. The lowest BCUT2D eigenvalue weighted by molar-refractivity contribution is 0.669. The fourth-order valence-corrected chi connectivity index (χ4v) is 6.73. The molecule has 0 saturated heterocycles. The zero-order valence-electron chi connectivity index (χ0n) is 23.9. The largest absolute Gasteiger partial charge is 0.456 e. The molecule has 0 aliphatic rings. The van der Waals surface area contributed by atoms with Crippen molar-refractivity contribution in [1.82, 2.24) is 19.5 Å². The average molecular weight is 644 g/mol. The number of halogens is 1. The number of hydrogen-bond donors (Lipinski definition) is 0. The third-order valence-electron chi connectivity index (χ3n) is 8.28. The summed E-state index contributed by atoms with van der Waals surface area (Å²) in [5.41, 5.74) is 7.62. The molecule has 45 heavy (non-hydrogen) atoms. The van der Waals surface area contributed by atoms with Gasteiger partial charge in [-0.05, 0) is 48.5 Å². The molecule has 0 spiro atoms. The van der Waals surface area contributed by atoms with Crippen LogP contribution in [0.4, 0.5) is 0 Å². The van der Waals surface area contributed by atoms with Gasteiger partial charge in [-0.2, -0.15) is 0 Å². The first-order valence-corrected chi connectivity index (χ1v) is 15.5. The Labute approximate surface area is 266 Å². The summed E-state index contributed by atoms with van der Waals surface area (Å²) in [6, 6.07) is 47.7. The van der Waals surface area contributed by atoms with Crippen LogP contribution in [0.3, 0.4) is 0 Å². The molecule has 9 rings (SSSR count). The van der Waals surface area contributed by atoms with E-state index in [0.29, 0.717) is 17.5 Å². The monoisotopic (exact) mass is 642 g/mol. The van der Waals surface area contributed by atoms with Crippen LogP contribution in [-0.2, 0) is 0 Å². The van der Waals surface area contributed by atoms with Gasteiger partial charge in [0.15, 0.2) is 17.5 Å². The SMILES string of the molecule is Brc1cc(-c2nc(-c3ccccc3)nc(-c3ccc4c(c3)oc3ccccc34)n2)cc(-n2c3ccccc3c3ccccc32)c1. The summed E-state index contributed by atoms with van der Waals surface area (Å²) in [7, 11) is 0. The molecular formula is C39H23BrN4O. The molecule has 0 saturated carbocycles. The van der Waals surface area contributed by atoms with Crippen molar-refractivity contribution >= 4 is 59.7 Å². The maximum Gasteiger partial charge on any atom is 0.164 e. The number of rotatable bonds is 4. The maximum absolute atomic E-state index is 6.21. The van der Waals surface area contributed by atoms with E-state index in [2.05, 4.69) is 105 Å². The molecule has 5 nitrogen and oxygen atoms in total. The smallest absolute Gasteiger partial charge is 0.164 e. The number of hydrogen-bond acceptors (Lipinski definition) is 4. The van der Waals surface area contributed by atoms with Crippen LogP contribution in [0.5, 0.6) is 0 Å². The van der Waals surface area contributed by atoms with E-state index in [9.17, 15) is 0 Å². The van der Waals surface area contributed by atoms with Crippen LogP contribution in [-0.4, -0.2) is 19.5 Å². The van der Waals surface area contributed by atoms with Gasteiger partial charge >= 0.3 is 0 Å². The summed E-state index contributed by atoms with van der Waals surface area (Å²) in [4.78, 5) is 15.0. The van der Waals surface area contributed by atoms with E-state index in [1.807, 2.05) is 54.6 Å². The van der Waals surface area contributed by atoms with Gasteiger partial charge in [0.25, 0.3) is 0 Å². The van der Waals surface area contributed by atoms with Gasteiger partial charge < -0.3 is 8.98 Å². The Morgan fingerprint density at radius 1 is 0.444 bits per heavy atom. The first-order valence-electron chi connectivity index (χ1n) is 14.7. The third-order valence-corrected chi connectivity index (χ3v) is 8.74. The highest BCUT2D eigenvalue weighted by molar-refractivity contribution is 9.10. The average Bonchev–Trinajstić information content (AvgIpc) is 3.63. The van der Waals surface area contributed by atoms with Crippen LogP contribution in [0, 0.1) is 0 Å². The Bertz CT molecular complexity index is 2510. The summed E-state index contributed by atoms with van der Waals surface area (Å²) in [6.45, 7) is 0. The second-order valence-electron chi connectivity index (χ2n) is 11.0. The summed E-state index contributed by atoms with van der Waals surface area (Å²) in [6.07, 6.45) is 0. The number of furan rings is 1. The quantitative estimate of drug-likeness (QED) is 0.192. The minimum atomic E-state index is 0.583. The molecule has 9 aromatic rings. The highest BCUT2D eigenvalue weighted by atomic mass is 79.9. The van der Waals surface area contributed by atoms with E-state index in [1.54, 1.807) is 0 Å². The van der Waals surface area contributed by atoms with Crippen molar-refractivity contribution in [2.75, 3.05) is 0 Å². The predicted octanol–water partition coefficient (Wildman–Crippen LogP) is 10.6. The first-order chi connectivity index (χ1) is 22.2. The Hall–Kier alpha value is -5.59. The van der Waals surface area contributed by atoms with Crippen molar-refractivity contribution in [3.8, 4) is 39.9 Å². The van der Waals surface area contributed by atoms with Crippen molar-refractivity contribution < 1.29 is 4.42 Å². The van der Waals surface area contributed by atoms with E-state index in [1.165, 1.54) is 10.8 Å². The first kappa shape index (κ1) is 25.9. The fourth-order valence-electron chi connectivity index (χ4n) is 6.25. The fraction of sp³-hybridized carbons (Fsp3) is 0. The second-order valence-corrected chi connectivity index (χ2v) is 12.0. The zero-order chi connectivity index (χ0) is 29.9. The molecule has 6 heteroatoms. The Morgan fingerprint density at radius 3 is 1.76 bits per heavy atom. The van der Waals surface area contributed by atoms with E-state index in [4.69, 9.17) is 19.4 Å². The number of fused-ring (bicyclic) bond motifs is 6. The van der Waals surface area contributed by atoms with Crippen molar-refractivity contribution in [2.24, 2.45) is 0 Å². The number of nitrogens with zero attached hydrogens (tertiary/aromatic N) is 4. The minimum Gasteiger partial charge on any atom is -0.456 e. The third kappa shape index (κ3) is 4.33. The molecule has 6 aromatic carbocycles. The van der Waals surface area contributed by atoms with E-state index in [-0.39, 0.29) is 0 Å². The molecule has 0 radical (unpaired) electrons. The van der Waals surface area contributed by atoms with Crippen molar-refractivity contribution in [1.29, 1.82) is 0 Å².